The van der Waals surface area contributed by atoms with Gasteiger partial charge in [-0.25, -0.2) is 4.79 Å². The number of amides is 12. The number of hydrogen-bond acceptors (Lipinski definition) is 19. The van der Waals surface area contributed by atoms with Gasteiger partial charge in [0.05, 0.1) is 6.10 Å². The van der Waals surface area contributed by atoms with Crippen LogP contribution in [0.15, 0.2) is 84.9 Å². The minimum Gasteiger partial charge on any atom is -0.457 e. The van der Waals surface area contributed by atoms with Gasteiger partial charge < -0.3 is 107 Å². The van der Waals surface area contributed by atoms with Gasteiger partial charge in [0.1, 0.15) is 65.9 Å². The first-order valence-electron chi connectivity index (χ1n) is 29.8. The Morgan fingerprint density at radius 3 is 1.64 bits per heavy atom. The molecule has 31 nitrogen and oxygen atoms in total. The van der Waals surface area contributed by atoms with E-state index in [1.54, 1.807) is 92.7 Å². The molecule has 12 amide bonds. The topological polar surface area (TPSA) is 512 Å². The van der Waals surface area contributed by atoms with Crippen molar-refractivity contribution in [1.82, 2.24) is 58.5 Å². The van der Waals surface area contributed by atoms with Crippen LogP contribution in [-0.4, -0.2) is 181 Å². The molecular formula is C59H89N17O14. The highest BCUT2D eigenvalue weighted by Gasteiger charge is 2.39. The lowest BCUT2D eigenvalue weighted by molar-refractivity contribution is -0.148. The van der Waals surface area contributed by atoms with Crippen molar-refractivity contribution >= 4 is 70.8 Å². The molecular weight excluding hydrogens is 1170 g/mol. The van der Waals surface area contributed by atoms with Gasteiger partial charge in [0, 0.05) is 18.7 Å². The van der Waals surface area contributed by atoms with E-state index in [2.05, 4.69) is 63.8 Å². The van der Waals surface area contributed by atoms with Crippen LogP contribution in [0.5, 0.6) is 11.5 Å². The second kappa shape index (κ2) is 37.2. The molecule has 0 radical (unpaired) electrons. The van der Waals surface area contributed by atoms with Gasteiger partial charge in [0.15, 0.2) is 0 Å². The summed E-state index contributed by atoms with van der Waals surface area (Å²) >= 11 is 0. The van der Waals surface area contributed by atoms with Crippen LogP contribution in [-0.2, 0) is 54.4 Å². The molecule has 90 heavy (non-hydrogen) atoms. The molecule has 0 unspecified atom stereocenters. The van der Waals surface area contributed by atoms with Gasteiger partial charge >= 0.3 is 6.03 Å². The van der Waals surface area contributed by atoms with E-state index in [9.17, 15) is 63.0 Å². The van der Waals surface area contributed by atoms with E-state index in [0.717, 1.165) is 6.92 Å². The minimum atomic E-state index is -2.72. The van der Waals surface area contributed by atoms with Gasteiger partial charge in [-0.05, 0) is 133 Å². The van der Waals surface area contributed by atoms with Gasteiger partial charge in [0.2, 0.25) is 58.9 Å². The molecule has 1 fully saturated rings. The molecule has 3 aromatic rings. The molecule has 0 spiro atoms. The van der Waals surface area contributed by atoms with E-state index >= 15 is 0 Å². The summed E-state index contributed by atoms with van der Waals surface area (Å²) in [5, 5.41) is 52.1. The summed E-state index contributed by atoms with van der Waals surface area (Å²) in [4.78, 5) is 154. The zero-order valence-corrected chi connectivity index (χ0v) is 51.0. The molecule has 1 aliphatic heterocycles. The fourth-order valence-electron chi connectivity index (χ4n) is 9.17. The lowest BCUT2D eigenvalue weighted by Gasteiger charge is -2.30. The molecule has 0 aromatic heterocycles. The number of aliphatic hydroxyl groups is 2. The normalized spacial score (nSPS) is 22.5. The average Bonchev–Trinajstić information content (AvgIpc) is 2.65. The third-order valence-electron chi connectivity index (χ3n) is 14.5. The lowest BCUT2D eigenvalue weighted by atomic mass is 9.96. The number of rotatable bonds is 25. The number of anilines is 1. The van der Waals surface area contributed by atoms with Crippen molar-refractivity contribution in [3.8, 4) is 11.5 Å². The summed E-state index contributed by atoms with van der Waals surface area (Å²) in [7, 11) is 0. The number of carbonyl (C=O) groups excluding carboxylic acids is 11. The molecule has 24 N–H and O–H groups in total. The monoisotopic (exact) mass is 1260 g/mol. The van der Waals surface area contributed by atoms with Crippen LogP contribution in [0.25, 0.3) is 0 Å². The number of para-hydroxylation sites is 1. The molecule has 3 aromatic carbocycles. The van der Waals surface area contributed by atoms with Crippen LogP contribution in [0.3, 0.4) is 0 Å². The average molecular weight is 1260 g/mol. The summed E-state index contributed by atoms with van der Waals surface area (Å²) in [6.07, 6.45) is -3.04. The van der Waals surface area contributed by atoms with Crippen LogP contribution in [0, 0.1) is 5.92 Å². The highest BCUT2D eigenvalue weighted by molar-refractivity contribution is 6.00. The van der Waals surface area contributed by atoms with Crippen molar-refractivity contribution in [2.45, 2.75) is 145 Å². The summed E-state index contributed by atoms with van der Waals surface area (Å²) in [6.45, 7) is 4.05. The van der Waals surface area contributed by atoms with Crippen molar-refractivity contribution < 1.29 is 67.7 Å². The molecule has 1 aliphatic rings. The smallest absolute Gasteiger partial charge is 0.319 e. The lowest BCUT2D eigenvalue weighted by Crippen LogP contribution is -2.63. The minimum absolute atomic E-state index is 0.112. The van der Waals surface area contributed by atoms with Crippen molar-refractivity contribution in [3.63, 3.8) is 0 Å². The van der Waals surface area contributed by atoms with E-state index in [0.29, 0.717) is 29.2 Å². The second-order valence-corrected chi connectivity index (χ2v) is 21.7. The van der Waals surface area contributed by atoms with E-state index in [1.165, 1.54) is 6.92 Å². The Labute approximate surface area is 521 Å². The molecule has 0 aliphatic carbocycles. The number of nitrogens with one attached hydrogen (secondary N) is 12. The maximum absolute atomic E-state index is 14.5. The third kappa shape index (κ3) is 23.6. The van der Waals surface area contributed by atoms with E-state index in [4.69, 9.17) is 33.4 Å². The number of benzene rings is 3. The standard InChI is InChI=1S/C59H89N17O14/c1-5-33(2)46-55(85)70-40(21-27-61)48(78)68-43(24-30-64)54(84)76-59(4,89)57(87)65-31-25-44(51(81)67-39(20-26-60)50(80)72-45(53(83)74-46)32-35-12-8-6-9-13-35)69-49(79)41(22-28-62)71-56(86)47(34(3)77)75-52(82)42(23-29-63)73-58(88)66-36-16-18-38(19-17-36)90-37-14-10-7-11-15-37/h6-19,33-34,39-47,77,89H,5,20-32,60-64H2,1-4H3,(H,65,87)(H,67,81)(H,68,78)(H,69,79)(H,70,85)(H,71,86)(H,72,80)(H,74,83)(H,75,82)(H,76,84)(H2,66,73,88)/t33-,34+,39-,40-,41-,42-,43-,44-,45+,46-,47-,59-/m0/s1. The Morgan fingerprint density at radius 1 is 0.600 bits per heavy atom. The van der Waals surface area contributed by atoms with Crippen LogP contribution >= 0.6 is 0 Å². The highest BCUT2D eigenvalue weighted by atomic mass is 16.5. The zero-order chi connectivity index (χ0) is 66.5. The SMILES string of the molecule is CC[C@H](C)[C@@H]1NC(=O)[C@@H](Cc2ccccc2)NC(=O)[C@H](CCN)NC(=O)[C@@H](NC(=O)[C@H](CCN)NC(=O)[C@@H](NC(=O)[C@H](CCN)NC(=O)Nc2ccc(Oc3ccccc3)cc2)[C@@H](C)O)CCNC(=O)[C@](C)(O)NC(=O)[C@H](CCN)NC(=O)[C@H](CCN)NC1=O. The van der Waals surface area contributed by atoms with Gasteiger partial charge in [-0.3, -0.25) is 47.9 Å². The molecule has 0 saturated carbocycles. The summed E-state index contributed by atoms with van der Waals surface area (Å²) < 4.78 is 5.79. The van der Waals surface area contributed by atoms with Gasteiger partial charge in [-0.1, -0.05) is 68.8 Å². The molecule has 4 rings (SSSR count). The van der Waals surface area contributed by atoms with Gasteiger partial charge in [-0.15, -0.1) is 0 Å². The maximum atomic E-state index is 14.5. The van der Waals surface area contributed by atoms with Crippen LogP contribution < -0.4 is 97.2 Å². The molecule has 31 heteroatoms. The van der Waals surface area contributed by atoms with Crippen molar-refractivity contribution in [2.24, 2.45) is 34.6 Å². The number of aliphatic hydroxyl groups excluding tert-OH is 1. The summed E-state index contributed by atoms with van der Waals surface area (Å²) in [5.74, 6) is -9.56. The Hall–Kier alpha value is -8.85. The van der Waals surface area contributed by atoms with Crippen molar-refractivity contribution in [2.75, 3.05) is 44.6 Å². The number of ether oxygens (including phenoxy) is 1. The van der Waals surface area contributed by atoms with E-state index < -0.39 is 150 Å². The van der Waals surface area contributed by atoms with E-state index in [1.807, 2.05) is 6.07 Å². The molecule has 0 bridgehead atoms. The molecule has 1 saturated heterocycles. The molecule has 1 heterocycles. The maximum Gasteiger partial charge on any atom is 0.319 e. The van der Waals surface area contributed by atoms with E-state index in [-0.39, 0.29) is 71.2 Å². The number of urea groups is 1. The molecule has 494 valence electrons. The summed E-state index contributed by atoms with van der Waals surface area (Å²) in [5.41, 5.74) is 27.5. The predicted octanol–water partition coefficient (Wildman–Crippen LogP) is -4.39. The van der Waals surface area contributed by atoms with Gasteiger partial charge in [0.25, 0.3) is 5.91 Å². The van der Waals surface area contributed by atoms with Crippen LogP contribution in [0.2, 0.25) is 0 Å². The van der Waals surface area contributed by atoms with Crippen LogP contribution in [0.4, 0.5) is 10.5 Å². The fraction of sp³-hybridized carbons (Fsp3) is 0.508. The second-order valence-electron chi connectivity index (χ2n) is 21.7. The number of hydrogen-bond donors (Lipinski definition) is 19. The molecule has 12 atom stereocenters. The Morgan fingerprint density at radius 2 is 1.10 bits per heavy atom. The Kier molecular flexibility index (Phi) is 30.4. The summed E-state index contributed by atoms with van der Waals surface area (Å²) in [6, 6.07) is 9.36. The quantitative estimate of drug-likeness (QED) is 0.0381. The Bertz CT molecular complexity index is 2870. The highest BCUT2D eigenvalue weighted by Crippen LogP contribution is 2.23. The number of carbonyl (C=O) groups is 11. The van der Waals surface area contributed by atoms with Crippen molar-refractivity contribution in [3.05, 3.63) is 90.5 Å². The van der Waals surface area contributed by atoms with Gasteiger partial charge in [-0.2, -0.15) is 0 Å². The first-order chi connectivity index (χ1) is 42.9. The Balaban J connectivity index is 1.65. The first kappa shape index (κ1) is 73.6. The fourth-order valence-corrected chi connectivity index (χ4v) is 9.17. The predicted molar refractivity (Wildman–Crippen MR) is 330 cm³/mol. The van der Waals surface area contributed by atoms with Crippen LogP contribution in [0.1, 0.15) is 78.2 Å². The largest absolute Gasteiger partial charge is 0.457 e. The third-order valence-corrected chi connectivity index (χ3v) is 14.5. The van der Waals surface area contributed by atoms with Crippen molar-refractivity contribution in [1.29, 1.82) is 0 Å². The zero-order valence-electron chi connectivity index (χ0n) is 51.0. The number of nitrogens with two attached hydrogens (primary N) is 5. The first-order valence-corrected chi connectivity index (χ1v) is 29.8.